The summed E-state index contributed by atoms with van der Waals surface area (Å²) in [6, 6.07) is 91.6. The van der Waals surface area contributed by atoms with Crippen molar-refractivity contribution in [1.29, 1.82) is 0 Å². The van der Waals surface area contributed by atoms with Crippen LogP contribution in [-0.4, -0.2) is 0 Å². The SMILES string of the molecule is c1ccc(-c2ccccc2N(c2ccc3c(c2)oc2ccccc23)c2ccc3c(c2)c2ccccc2c2c4ccc(N(c5ccccc5-c5ccccc5)c5cccc6c5oc5ccccc56)cc4sc32)cc1. The van der Waals surface area contributed by atoms with Crippen LogP contribution in [0.3, 0.4) is 0 Å². The molecular weight excluding hydrogens is 909 g/mol. The molecule has 342 valence electrons. The van der Waals surface area contributed by atoms with Crippen molar-refractivity contribution in [2.75, 3.05) is 9.80 Å². The molecule has 15 aromatic rings. The molecule has 12 aromatic carbocycles. The lowest BCUT2D eigenvalue weighted by Crippen LogP contribution is -2.11. The number of thiophene rings is 1. The van der Waals surface area contributed by atoms with E-state index in [4.69, 9.17) is 8.83 Å². The first kappa shape index (κ1) is 41.4. The highest BCUT2D eigenvalue weighted by atomic mass is 32.1. The van der Waals surface area contributed by atoms with Crippen molar-refractivity contribution < 1.29 is 8.83 Å². The molecule has 15 rings (SSSR count). The Hall–Kier alpha value is -9.42. The fraction of sp³-hybridized carbons (Fsp3) is 0. The Kier molecular flexibility index (Phi) is 9.41. The van der Waals surface area contributed by atoms with E-state index in [2.05, 4.69) is 246 Å². The van der Waals surface area contributed by atoms with Crippen molar-refractivity contribution in [2.45, 2.75) is 0 Å². The first-order chi connectivity index (χ1) is 36.2. The number of para-hydroxylation sites is 5. The molecule has 0 fully saturated rings. The number of anilines is 6. The van der Waals surface area contributed by atoms with Gasteiger partial charge < -0.3 is 18.6 Å². The van der Waals surface area contributed by atoms with E-state index in [1.165, 1.54) is 41.7 Å². The second kappa shape index (κ2) is 16.6. The van der Waals surface area contributed by atoms with E-state index in [-0.39, 0.29) is 0 Å². The molecule has 0 spiro atoms. The zero-order valence-electron chi connectivity index (χ0n) is 39.4. The molecule has 0 bridgehead atoms. The van der Waals surface area contributed by atoms with Crippen LogP contribution in [-0.2, 0) is 0 Å². The van der Waals surface area contributed by atoms with Crippen LogP contribution in [0.15, 0.2) is 264 Å². The van der Waals surface area contributed by atoms with Crippen molar-refractivity contribution in [3.63, 3.8) is 0 Å². The zero-order valence-corrected chi connectivity index (χ0v) is 40.2. The van der Waals surface area contributed by atoms with Crippen LogP contribution in [0, 0.1) is 0 Å². The third-order valence-corrected chi connectivity index (χ3v) is 15.8. The highest BCUT2D eigenvalue weighted by molar-refractivity contribution is 7.27. The Morgan fingerprint density at radius 3 is 1.49 bits per heavy atom. The van der Waals surface area contributed by atoms with E-state index < -0.39 is 0 Å². The van der Waals surface area contributed by atoms with Crippen molar-refractivity contribution in [3.05, 3.63) is 255 Å². The summed E-state index contributed by atoms with van der Waals surface area (Å²) in [7, 11) is 0. The van der Waals surface area contributed by atoms with Gasteiger partial charge in [-0.1, -0.05) is 182 Å². The molecule has 5 heteroatoms. The minimum absolute atomic E-state index is 0.855. The first-order valence-electron chi connectivity index (χ1n) is 24.7. The van der Waals surface area contributed by atoms with Crippen LogP contribution in [0.1, 0.15) is 0 Å². The predicted molar refractivity (Wildman–Crippen MR) is 309 cm³/mol. The number of rotatable bonds is 8. The minimum atomic E-state index is 0.855. The number of nitrogens with zero attached hydrogens (tertiary/aromatic N) is 2. The van der Waals surface area contributed by atoms with Gasteiger partial charge in [-0.25, -0.2) is 0 Å². The van der Waals surface area contributed by atoms with E-state index in [1.54, 1.807) is 0 Å². The molecule has 4 nitrogen and oxygen atoms in total. The van der Waals surface area contributed by atoms with E-state index in [1.807, 2.05) is 29.5 Å². The first-order valence-corrected chi connectivity index (χ1v) is 25.5. The standard InChI is InChI=1S/C68H42N2O2S/c1-3-18-43(19-4-1)48-22-9-13-29-59(48)69(46-34-37-53-51-25-11-15-32-62(51)71-64(53)41-46)45-35-38-56-58(40-45)50-24-7-8-27-54(50)66-57-39-36-47(42-65(57)73-68(56)66)70(60-30-14-10-23-49(60)44-20-5-2-6-21-44)61-31-17-28-55-52-26-12-16-33-63(52)72-67(55)61/h1-42H. The van der Waals surface area contributed by atoms with E-state index in [9.17, 15) is 0 Å². The van der Waals surface area contributed by atoms with Gasteiger partial charge in [0.15, 0.2) is 5.58 Å². The average Bonchev–Trinajstić information content (AvgIpc) is 4.17. The quantitative estimate of drug-likeness (QED) is 0.142. The third-order valence-electron chi connectivity index (χ3n) is 14.6. The van der Waals surface area contributed by atoms with Gasteiger partial charge in [-0.15, -0.1) is 11.3 Å². The van der Waals surface area contributed by atoms with Crippen LogP contribution >= 0.6 is 11.3 Å². The summed E-state index contributed by atoms with van der Waals surface area (Å²) in [6.45, 7) is 0. The molecule has 0 amide bonds. The zero-order chi connectivity index (χ0) is 48.0. The lowest BCUT2D eigenvalue weighted by Gasteiger charge is -2.28. The molecular formula is C68H42N2O2S. The Labute approximate surface area is 424 Å². The van der Waals surface area contributed by atoms with Crippen molar-refractivity contribution >= 4 is 131 Å². The largest absolute Gasteiger partial charge is 0.456 e. The van der Waals surface area contributed by atoms with Gasteiger partial charge >= 0.3 is 0 Å². The predicted octanol–water partition coefficient (Wildman–Crippen LogP) is 20.4. The van der Waals surface area contributed by atoms with Crippen molar-refractivity contribution in [2.24, 2.45) is 0 Å². The number of furan rings is 2. The Morgan fingerprint density at radius 2 is 0.781 bits per heavy atom. The molecule has 0 aliphatic heterocycles. The van der Waals surface area contributed by atoms with Gasteiger partial charge in [-0.3, -0.25) is 0 Å². The monoisotopic (exact) mass is 950 g/mol. The lowest BCUT2D eigenvalue weighted by molar-refractivity contribution is 0.668. The Morgan fingerprint density at radius 1 is 0.288 bits per heavy atom. The van der Waals surface area contributed by atoms with E-state index in [0.29, 0.717) is 0 Å². The molecule has 0 saturated carbocycles. The van der Waals surface area contributed by atoms with Gasteiger partial charge in [-0.05, 0) is 94.0 Å². The molecule has 73 heavy (non-hydrogen) atoms. The van der Waals surface area contributed by atoms with E-state index >= 15 is 0 Å². The second-order valence-electron chi connectivity index (χ2n) is 18.7. The summed E-state index contributed by atoms with van der Waals surface area (Å²) >= 11 is 1.87. The average molecular weight is 951 g/mol. The molecule has 3 heterocycles. The summed E-state index contributed by atoms with van der Waals surface area (Å²) in [6.07, 6.45) is 0. The van der Waals surface area contributed by atoms with Crippen LogP contribution in [0.4, 0.5) is 34.1 Å². The fourth-order valence-corrected chi connectivity index (χ4v) is 12.7. The minimum Gasteiger partial charge on any atom is -0.456 e. The lowest BCUT2D eigenvalue weighted by atomic mass is 9.96. The summed E-state index contributed by atoms with van der Waals surface area (Å²) in [4.78, 5) is 4.79. The molecule has 0 atom stereocenters. The Balaban J connectivity index is 0.948. The van der Waals surface area contributed by atoms with Gasteiger partial charge in [0.05, 0.1) is 17.1 Å². The summed E-state index contributed by atoms with van der Waals surface area (Å²) < 4.78 is 15.8. The van der Waals surface area contributed by atoms with Crippen molar-refractivity contribution in [3.8, 4) is 22.3 Å². The number of hydrogen-bond donors (Lipinski definition) is 0. The van der Waals surface area contributed by atoms with Crippen LogP contribution in [0.2, 0.25) is 0 Å². The second-order valence-corrected chi connectivity index (χ2v) is 19.8. The molecule has 0 radical (unpaired) electrons. The summed E-state index contributed by atoms with van der Waals surface area (Å²) in [5, 5.41) is 11.8. The maximum atomic E-state index is 6.78. The van der Waals surface area contributed by atoms with Gasteiger partial charge in [0.25, 0.3) is 0 Å². The van der Waals surface area contributed by atoms with Gasteiger partial charge in [0.1, 0.15) is 16.7 Å². The van der Waals surface area contributed by atoms with E-state index in [0.717, 1.165) is 100 Å². The maximum absolute atomic E-state index is 6.78. The van der Waals surface area contributed by atoms with Crippen molar-refractivity contribution in [1.82, 2.24) is 0 Å². The molecule has 0 aliphatic carbocycles. The maximum Gasteiger partial charge on any atom is 0.159 e. The smallest absolute Gasteiger partial charge is 0.159 e. The normalized spacial score (nSPS) is 11.8. The van der Waals surface area contributed by atoms with Crippen LogP contribution in [0.5, 0.6) is 0 Å². The third kappa shape index (κ3) is 6.60. The molecule has 0 N–H and O–H groups in total. The number of fused-ring (bicyclic) bond motifs is 14. The molecule has 0 unspecified atom stereocenters. The van der Waals surface area contributed by atoms with Crippen LogP contribution in [0.25, 0.3) is 108 Å². The highest BCUT2D eigenvalue weighted by Crippen LogP contribution is 2.51. The number of hydrogen-bond acceptors (Lipinski definition) is 5. The fourth-order valence-electron chi connectivity index (χ4n) is 11.4. The summed E-state index contributed by atoms with van der Waals surface area (Å²) in [5.74, 6) is 0. The highest BCUT2D eigenvalue weighted by Gasteiger charge is 2.25. The summed E-state index contributed by atoms with van der Waals surface area (Å²) in [5.41, 5.74) is 14.3. The van der Waals surface area contributed by atoms with Gasteiger partial charge in [0, 0.05) is 81.4 Å². The van der Waals surface area contributed by atoms with Gasteiger partial charge in [0.2, 0.25) is 0 Å². The number of benzene rings is 12. The molecule has 3 aromatic heterocycles. The van der Waals surface area contributed by atoms with Gasteiger partial charge in [-0.2, -0.15) is 0 Å². The van der Waals surface area contributed by atoms with Crippen LogP contribution < -0.4 is 9.80 Å². The topological polar surface area (TPSA) is 32.8 Å². The molecule has 0 saturated heterocycles. The molecule has 0 aliphatic rings. The Bertz CT molecular complexity index is 4650.